The number of aromatic nitrogens is 2. The van der Waals surface area contributed by atoms with Crippen molar-refractivity contribution in [1.29, 1.82) is 0 Å². The Morgan fingerprint density at radius 3 is 2.85 bits per heavy atom. The van der Waals surface area contributed by atoms with Crippen molar-refractivity contribution in [2.75, 3.05) is 18.4 Å². The summed E-state index contributed by atoms with van der Waals surface area (Å²) in [6, 6.07) is 12.3. The molecule has 0 radical (unpaired) electrons. The lowest BCUT2D eigenvalue weighted by atomic mass is 9.94. The smallest absolute Gasteiger partial charge is 0.255 e. The Bertz CT molecular complexity index is 1120. The van der Waals surface area contributed by atoms with Gasteiger partial charge in [0, 0.05) is 38.1 Å². The first-order valence-electron chi connectivity index (χ1n) is 11.8. The number of hydrogen-bond acceptors (Lipinski definition) is 6. The average Bonchev–Trinajstić information content (AvgIpc) is 2.88. The predicted molar refractivity (Wildman–Crippen MR) is 131 cm³/mol. The molecule has 7 nitrogen and oxygen atoms in total. The molecular weight excluding hydrogens is 431 g/mol. The zero-order chi connectivity index (χ0) is 23.8. The van der Waals surface area contributed by atoms with Gasteiger partial charge in [0.1, 0.15) is 11.6 Å². The normalized spacial score (nSPS) is 15.6. The Kier molecular flexibility index (Phi) is 8.17. The Labute approximate surface area is 199 Å². The highest BCUT2D eigenvalue weighted by atomic mass is 19.1. The molecule has 1 saturated heterocycles. The molecule has 178 valence electrons. The fourth-order valence-electron chi connectivity index (χ4n) is 4.35. The molecule has 1 unspecified atom stereocenters. The maximum atomic E-state index is 13.5. The Morgan fingerprint density at radius 2 is 2.06 bits per heavy atom. The first kappa shape index (κ1) is 23.8. The zero-order valence-corrected chi connectivity index (χ0v) is 19.2. The number of halogens is 1. The molecule has 2 aromatic heterocycles. The second-order valence-electron chi connectivity index (χ2n) is 8.43. The van der Waals surface area contributed by atoms with E-state index in [1.165, 1.54) is 12.1 Å². The first-order valence-corrected chi connectivity index (χ1v) is 11.8. The lowest BCUT2D eigenvalue weighted by Crippen LogP contribution is -2.32. The number of nitrogens with two attached hydrogens (primary N) is 1. The minimum atomic E-state index is -0.256. The lowest BCUT2D eigenvalue weighted by molar-refractivity contribution is 0.0949. The summed E-state index contributed by atoms with van der Waals surface area (Å²) in [6.45, 7) is 2.08. The summed E-state index contributed by atoms with van der Waals surface area (Å²) in [5, 5.41) is 9.88. The van der Waals surface area contributed by atoms with Crippen LogP contribution in [0.2, 0.25) is 0 Å². The monoisotopic (exact) mass is 462 g/mol. The van der Waals surface area contributed by atoms with Crippen LogP contribution in [-0.2, 0) is 19.5 Å². The number of hydrogen-bond donors (Lipinski definition) is 4. The molecule has 1 aliphatic rings. The molecule has 1 fully saturated rings. The van der Waals surface area contributed by atoms with Crippen molar-refractivity contribution in [3.05, 3.63) is 88.6 Å². The van der Waals surface area contributed by atoms with Crippen molar-refractivity contribution in [1.82, 2.24) is 20.6 Å². The van der Waals surface area contributed by atoms with Crippen molar-refractivity contribution in [2.45, 2.75) is 44.8 Å². The number of carbonyl (C=O) groups is 1. The maximum Gasteiger partial charge on any atom is 0.255 e. The highest BCUT2D eigenvalue weighted by Gasteiger charge is 2.24. The van der Waals surface area contributed by atoms with Crippen molar-refractivity contribution in [3.8, 4) is 0 Å². The van der Waals surface area contributed by atoms with Gasteiger partial charge in [-0.05, 0) is 66.8 Å². The molecule has 0 aliphatic carbocycles. The van der Waals surface area contributed by atoms with Crippen LogP contribution in [0.1, 0.15) is 58.0 Å². The molecule has 4 rings (SSSR count). The fraction of sp³-hybridized carbons (Fsp3) is 0.346. The third-order valence-corrected chi connectivity index (χ3v) is 6.11. The summed E-state index contributed by atoms with van der Waals surface area (Å²) in [7, 11) is 0. The van der Waals surface area contributed by atoms with E-state index in [4.69, 9.17) is 5.73 Å². The zero-order valence-electron chi connectivity index (χ0n) is 19.2. The van der Waals surface area contributed by atoms with Crippen LogP contribution in [0.4, 0.5) is 10.2 Å². The molecule has 3 heterocycles. The third kappa shape index (κ3) is 5.95. The van der Waals surface area contributed by atoms with E-state index in [0.717, 1.165) is 48.2 Å². The van der Waals surface area contributed by atoms with Crippen LogP contribution in [0, 0.1) is 5.82 Å². The van der Waals surface area contributed by atoms with Crippen LogP contribution in [0.25, 0.3) is 0 Å². The Balaban J connectivity index is 1.54. The molecule has 3 aromatic rings. The standard InChI is InChI=1S/C26H31FN6O/c27-20-7-3-5-18(15-20)9-13-31-25-24(21(10-14-32-25)22-8-1-2-11-29-22)26(34)33-17-19-6-4-12-30-23(19)16-28/h3-7,10,12,14-15,22,29H,1-2,8-9,11,13,16-17,28H2,(H,31,32)(H,33,34). The maximum absolute atomic E-state index is 13.5. The predicted octanol–water partition coefficient (Wildman–Crippen LogP) is 3.47. The van der Waals surface area contributed by atoms with Crippen LogP contribution in [0.3, 0.4) is 0 Å². The van der Waals surface area contributed by atoms with Gasteiger partial charge >= 0.3 is 0 Å². The van der Waals surface area contributed by atoms with Crippen molar-refractivity contribution in [3.63, 3.8) is 0 Å². The number of piperidine rings is 1. The van der Waals surface area contributed by atoms with Gasteiger partial charge in [-0.25, -0.2) is 9.37 Å². The molecule has 1 atom stereocenters. The number of pyridine rings is 2. The van der Waals surface area contributed by atoms with Gasteiger partial charge in [0.25, 0.3) is 5.91 Å². The van der Waals surface area contributed by atoms with Gasteiger partial charge in [-0.15, -0.1) is 0 Å². The molecule has 0 saturated carbocycles. The minimum absolute atomic E-state index is 0.0965. The van der Waals surface area contributed by atoms with Gasteiger partial charge in [-0.3, -0.25) is 9.78 Å². The van der Waals surface area contributed by atoms with E-state index in [-0.39, 0.29) is 17.8 Å². The number of carbonyl (C=O) groups excluding carboxylic acids is 1. The van der Waals surface area contributed by atoms with Crippen LogP contribution >= 0.6 is 0 Å². The van der Waals surface area contributed by atoms with Gasteiger partial charge in [0.05, 0.1) is 11.3 Å². The summed E-state index contributed by atoms with van der Waals surface area (Å²) >= 11 is 0. The number of nitrogens with zero attached hydrogens (tertiary/aromatic N) is 2. The number of anilines is 1. The minimum Gasteiger partial charge on any atom is -0.369 e. The van der Waals surface area contributed by atoms with Gasteiger partial charge in [0.2, 0.25) is 0 Å². The summed E-state index contributed by atoms with van der Waals surface area (Å²) in [4.78, 5) is 22.2. The largest absolute Gasteiger partial charge is 0.369 e. The van der Waals surface area contributed by atoms with Crippen LogP contribution in [-0.4, -0.2) is 29.0 Å². The topological polar surface area (TPSA) is 105 Å². The molecule has 1 aliphatic heterocycles. The molecule has 1 aromatic carbocycles. The molecule has 5 N–H and O–H groups in total. The average molecular weight is 463 g/mol. The van der Waals surface area contributed by atoms with Crippen LogP contribution in [0.5, 0.6) is 0 Å². The van der Waals surface area contributed by atoms with Crippen LogP contribution in [0.15, 0.2) is 54.9 Å². The fourth-order valence-corrected chi connectivity index (χ4v) is 4.35. The number of nitrogens with one attached hydrogen (secondary N) is 3. The third-order valence-electron chi connectivity index (χ3n) is 6.11. The van der Waals surface area contributed by atoms with Crippen molar-refractivity contribution >= 4 is 11.7 Å². The molecule has 1 amide bonds. The Hall–Kier alpha value is -3.36. The van der Waals surface area contributed by atoms with E-state index in [2.05, 4.69) is 25.9 Å². The molecule has 8 heteroatoms. The lowest BCUT2D eigenvalue weighted by Gasteiger charge is -2.26. The van der Waals surface area contributed by atoms with Gasteiger partial charge in [-0.2, -0.15) is 0 Å². The first-order chi connectivity index (χ1) is 16.7. The molecule has 0 spiro atoms. The van der Waals surface area contributed by atoms with Crippen molar-refractivity contribution in [2.24, 2.45) is 5.73 Å². The molecule has 34 heavy (non-hydrogen) atoms. The SMILES string of the molecule is NCc1ncccc1CNC(=O)c1c(C2CCCCN2)ccnc1NCCc1cccc(F)c1. The summed E-state index contributed by atoms with van der Waals surface area (Å²) in [5.74, 6) is 0.0767. The van der Waals surface area contributed by atoms with E-state index in [0.29, 0.717) is 37.4 Å². The second-order valence-corrected chi connectivity index (χ2v) is 8.43. The van der Waals surface area contributed by atoms with Gasteiger partial charge < -0.3 is 21.7 Å². The number of amides is 1. The van der Waals surface area contributed by atoms with E-state index in [1.807, 2.05) is 24.3 Å². The summed E-state index contributed by atoms with van der Waals surface area (Å²) < 4.78 is 13.5. The van der Waals surface area contributed by atoms with E-state index >= 15 is 0 Å². The summed E-state index contributed by atoms with van der Waals surface area (Å²) in [6.07, 6.45) is 7.25. The van der Waals surface area contributed by atoms with Crippen molar-refractivity contribution < 1.29 is 9.18 Å². The quantitative estimate of drug-likeness (QED) is 0.388. The number of rotatable bonds is 9. The summed E-state index contributed by atoms with van der Waals surface area (Å²) in [5.41, 5.74) is 9.81. The highest BCUT2D eigenvalue weighted by Crippen LogP contribution is 2.29. The van der Waals surface area contributed by atoms with Crippen LogP contribution < -0.4 is 21.7 Å². The second kappa shape index (κ2) is 11.7. The van der Waals surface area contributed by atoms with E-state index in [9.17, 15) is 9.18 Å². The highest BCUT2D eigenvalue weighted by molar-refractivity contribution is 6.00. The Morgan fingerprint density at radius 1 is 1.15 bits per heavy atom. The van der Waals surface area contributed by atoms with Gasteiger partial charge in [-0.1, -0.05) is 24.6 Å². The van der Waals surface area contributed by atoms with E-state index in [1.54, 1.807) is 18.5 Å². The molecule has 0 bridgehead atoms. The van der Waals surface area contributed by atoms with Gasteiger partial charge in [0.15, 0.2) is 0 Å². The van der Waals surface area contributed by atoms with E-state index < -0.39 is 0 Å². The molecular formula is C26H31FN6O. The number of benzene rings is 1.